The van der Waals surface area contributed by atoms with Gasteiger partial charge in [0.2, 0.25) is 10.0 Å². The van der Waals surface area contributed by atoms with Crippen LogP contribution in [0.15, 0.2) is 71.6 Å². The van der Waals surface area contributed by atoms with Crippen LogP contribution in [0.2, 0.25) is 0 Å². The molecule has 0 aliphatic rings. The Labute approximate surface area is 204 Å². The quantitative estimate of drug-likeness (QED) is 0.396. The molecule has 0 aliphatic carbocycles. The summed E-state index contributed by atoms with van der Waals surface area (Å²) in [6.07, 6.45) is 0.563. The first kappa shape index (κ1) is 25.7. The van der Waals surface area contributed by atoms with E-state index in [4.69, 9.17) is 9.47 Å². The number of nitrogens with one attached hydrogen (secondary N) is 3. The molecule has 0 fully saturated rings. The minimum absolute atomic E-state index is 0.0335. The van der Waals surface area contributed by atoms with E-state index in [0.717, 1.165) is 5.56 Å². The predicted molar refractivity (Wildman–Crippen MR) is 133 cm³/mol. The summed E-state index contributed by atoms with van der Waals surface area (Å²) in [4.78, 5) is 25.6. The van der Waals surface area contributed by atoms with Gasteiger partial charge in [0.05, 0.1) is 30.4 Å². The maximum Gasteiger partial charge on any atom is 0.255 e. The number of rotatable bonds is 10. The van der Waals surface area contributed by atoms with Crippen molar-refractivity contribution in [2.75, 3.05) is 33.1 Å². The number of methoxy groups -OCH3 is 2. The van der Waals surface area contributed by atoms with Crippen LogP contribution in [-0.4, -0.2) is 48.0 Å². The van der Waals surface area contributed by atoms with Gasteiger partial charge in [-0.2, -0.15) is 0 Å². The molecule has 0 atom stereocenters. The van der Waals surface area contributed by atoms with E-state index in [1.165, 1.54) is 31.3 Å². The van der Waals surface area contributed by atoms with Gasteiger partial charge in [0.1, 0.15) is 0 Å². The standard InChI is InChI=1S/C25H27N3O6S/c1-26-35(31,32)19-8-6-7-18(16-19)24(29)28-21-10-5-4-9-20(21)25(30)27-14-13-17-11-12-22(33-2)23(15-17)34-3/h4-12,15-16,26H,13-14H2,1-3H3,(H,27,30)(H,28,29). The van der Waals surface area contributed by atoms with Crippen LogP contribution in [0.25, 0.3) is 0 Å². The van der Waals surface area contributed by atoms with E-state index in [-0.39, 0.29) is 21.9 Å². The van der Waals surface area contributed by atoms with Crippen LogP contribution >= 0.6 is 0 Å². The molecule has 3 aromatic carbocycles. The summed E-state index contributed by atoms with van der Waals surface area (Å²) in [6.45, 7) is 0.362. The molecule has 184 valence electrons. The summed E-state index contributed by atoms with van der Waals surface area (Å²) < 4.78 is 36.8. The molecule has 0 saturated carbocycles. The number of hydrogen-bond acceptors (Lipinski definition) is 6. The Hall–Kier alpha value is -3.89. The average Bonchev–Trinajstić information content (AvgIpc) is 2.88. The Morgan fingerprint density at radius 3 is 2.31 bits per heavy atom. The van der Waals surface area contributed by atoms with Gasteiger partial charge < -0.3 is 20.1 Å². The maximum absolute atomic E-state index is 12.8. The van der Waals surface area contributed by atoms with E-state index in [2.05, 4.69) is 15.4 Å². The Balaban J connectivity index is 1.68. The van der Waals surface area contributed by atoms with Crippen molar-refractivity contribution in [1.82, 2.24) is 10.0 Å². The van der Waals surface area contributed by atoms with Crippen LogP contribution < -0.4 is 24.8 Å². The zero-order chi connectivity index (χ0) is 25.4. The molecule has 0 saturated heterocycles. The molecule has 3 N–H and O–H groups in total. The number of amides is 2. The van der Waals surface area contributed by atoms with Crippen molar-refractivity contribution in [3.63, 3.8) is 0 Å². The highest BCUT2D eigenvalue weighted by atomic mass is 32.2. The summed E-state index contributed by atoms with van der Waals surface area (Å²) in [6, 6.07) is 17.8. The van der Waals surface area contributed by atoms with Gasteiger partial charge in [-0.25, -0.2) is 13.1 Å². The van der Waals surface area contributed by atoms with E-state index in [9.17, 15) is 18.0 Å². The molecular formula is C25H27N3O6S. The number of benzene rings is 3. The fraction of sp³-hybridized carbons (Fsp3) is 0.200. The van der Waals surface area contributed by atoms with Gasteiger partial charge in [0.25, 0.3) is 11.8 Å². The third-order valence-corrected chi connectivity index (χ3v) is 6.65. The topological polar surface area (TPSA) is 123 Å². The zero-order valence-corrected chi connectivity index (χ0v) is 20.4. The molecule has 0 aromatic heterocycles. The van der Waals surface area contributed by atoms with Crippen LogP contribution in [-0.2, 0) is 16.4 Å². The summed E-state index contributed by atoms with van der Waals surface area (Å²) in [5.41, 5.74) is 1.70. The minimum atomic E-state index is -3.70. The number of carbonyl (C=O) groups excluding carboxylic acids is 2. The monoisotopic (exact) mass is 497 g/mol. The van der Waals surface area contributed by atoms with Gasteiger partial charge in [-0.05, 0) is 61.5 Å². The molecular weight excluding hydrogens is 470 g/mol. The van der Waals surface area contributed by atoms with Crippen molar-refractivity contribution in [3.05, 3.63) is 83.4 Å². The van der Waals surface area contributed by atoms with Crippen molar-refractivity contribution >= 4 is 27.5 Å². The highest BCUT2D eigenvalue weighted by molar-refractivity contribution is 7.89. The summed E-state index contributed by atoms with van der Waals surface area (Å²) >= 11 is 0. The molecule has 9 nitrogen and oxygen atoms in total. The number of ether oxygens (including phenoxy) is 2. The van der Waals surface area contributed by atoms with E-state index in [0.29, 0.717) is 30.2 Å². The van der Waals surface area contributed by atoms with Crippen LogP contribution in [0.5, 0.6) is 11.5 Å². The molecule has 0 bridgehead atoms. The summed E-state index contributed by atoms with van der Waals surface area (Å²) in [7, 11) is 0.719. The molecule has 0 radical (unpaired) electrons. The van der Waals surface area contributed by atoms with Crippen LogP contribution in [0.4, 0.5) is 5.69 Å². The third kappa shape index (κ3) is 6.37. The molecule has 3 aromatic rings. The molecule has 10 heteroatoms. The van der Waals surface area contributed by atoms with Crippen molar-refractivity contribution in [2.45, 2.75) is 11.3 Å². The molecule has 2 amide bonds. The van der Waals surface area contributed by atoms with E-state index in [1.807, 2.05) is 12.1 Å². The van der Waals surface area contributed by atoms with Crippen molar-refractivity contribution in [1.29, 1.82) is 0 Å². The molecule has 3 rings (SSSR count). The molecule has 0 heterocycles. The number of sulfonamides is 1. The fourth-order valence-corrected chi connectivity index (χ4v) is 4.13. The van der Waals surface area contributed by atoms with Gasteiger partial charge in [0.15, 0.2) is 11.5 Å². The molecule has 0 aliphatic heterocycles. The summed E-state index contributed by atoms with van der Waals surface area (Å²) in [5.74, 6) is 0.339. The first-order chi connectivity index (χ1) is 16.8. The average molecular weight is 498 g/mol. The Morgan fingerprint density at radius 1 is 0.857 bits per heavy atom. The van der Waals surface area contributed by atoms with Gasteiger partial charge in [-0.3, -0.25) is 9.59 Å². The third-order valence-electron chi connectivity index (χ3n) is 5.24. The van der Waals surface area contributed by atoms with E-state index >= 15 is 0 Å². The highest BCUT2D eigenvalue weighted by Gasteiger charge is 2.17. The van der Waals surface area contributed by atoms with Gasteiger partial charge in [0, 0.05) is 12.1 Å². The lowest BCUT2D eigenvalue weighted by Crippen LogP contribution is -2.27. The van der Waals surface area contributed by atoms with Gasteiger partial charge >= 0.3 is 0 Å². The molecule has 0 spiro atoms. The maximum atomic E-state index is 12.8. The lowest BCUT2D eigenvalue weighted by Gasteiger charge is -2.13. The SMILES string of the molecule is CNS(=O)(=O)c1cccc(C(=O)Nc2ccccc2C(=O)NCCc2ccc(OC)c(OC)c2)c1. The number of hydrogen-bond donors (Lipinski definition) is 3. The van der Waals surface area contributed by atoms with Crippen molar-refractivity contribution < 1.29 is 27.5 Å². The zero-order valence-electron chi connectivity index (χ0n) is 19.6. The molecule has 35 heavy (non-hydrogen) atoms. The smallest absolute Gasteiger partial charge is 0.255 e. The van der Waals surface area contributed by atoms with Crippen LogP contribution in [0.3, 0.4) is 0 Å². The first-order valence-corrected chi connectivity index (χ1v) is 12.2. The first-order valence-electron chi connectivity index (χ1n) is 10.7. The second-order valence-corrected chi connectivity index (χ2v) is 9.32. The van der Waals surface area contributed by atoms with Crippen LogP contribution in [0, 0.1) is 0 Å². The van der Waals surface area contributed by atoms with Crippen molar-refractivity contribution in [3.8, 4) is 11.5 Å². The largest absolute Gasteiger partial charge is 0.493 e. The summed E-state index contributed by atoms with van der Waals surface area (Å²) in [5, 5.41) is 5.55. The normalized spacial score (nSPS) is 10.9. The minimum Gasteiger partial charge on any atom is -0.493 e. The highest BCUT2D eigenvalue weighted by Crippen LogP contribution is 2.27. The molecule has 0 unspecified atom stereocenters. The Bertz CT molecular complexity index is 1320. The Kier molecular flexibility index (Phi) is 8.45. The predicted octanol–water partition coefficient (Wildman–Crippen LogP) is 2.84. The second-order valence-electron chi connectivity index (χ2n) is 7.43. The van der Waals surface area contributed by atoms with Crippen molar-refractivity contribution in [2.24, 2.45) is 0 Å². The number of para-hydroxylation sites is 1. The lowest BCUT2D eigenvalue weighted by molar-refractivity contribution is 0.0955. The second kappa shape index (κ2) is 11.5. The lowest BCUT2D eigenvalue weighted by atomic mass is 10.1. The fourth-order valence-electron chi connectivity index (χ4n) is 3.36. The number of carbonyl (C=O) groups is 2. The van der Waals surface area contributed by atoms with E-state index < -0.39 is 15.9 Å². The van der Waals surface area contributed by atoms with E-state index in [1.54, 1.807) is 44.6 Å². The number of anilines is 1. The van der Waals surface area contributed by atoms with Gasteiger partial charge in [-0.15, -0.1) is 0 Å². The van der Waals surface area contributed by atoms with Crippen LogP contribution in [0.1, 0.15) is 26.3 Å². The Morgan fingerprint density at radius 2 is 1.60 bits per heavy atom. The van der Waals surface area contributed by atoms with Gasteiger partial charge in [-0.1, -0.05) is 24.3 Å².